The molecule has 1 fully saturated rings. The van der Waals surface area contributed by atoms with E-state index in [4.69, 9.17) is 5.84 Å². The lowest BCUT2D eigenvalue weighted by atomic mass is 10.2. The monoisotopic (exact) mass is 249 g/mol. The highest BCUT2D eigenvalue weighted by molar-refractivity contribution is 5.42. The van der Waals surface area contributed by atoms with Crippen LogP contribution in [0.2, 0.25) is 0 Å². The first-order valence-electron chi connectivity index (χ1n) is 6.50. The fourth-order valence-electron chi connectivity index (χ4n) is 2.62. The first-order valence-corrected chi connectivity index (χ1v) is 6.50. The summed E-state index contributed by atoms with van der Waals surface area (Å²) in [7, 11) is 4.36. The van der Waals surface area contributed by atoms with Gasteiger partial charge in [0.15, 0.2) is 0 Å². The minimum atomic E-state index is 0.681. The van der Waals surface area contributed by atoms with Crippen LogP contribution in [0.15, 0.2) is 18.3 Å². The van der Waals surface area contributed by atoms with Gasteiger partial charge in [0.05, 0.1) is 0 Å². The lowest BCUT2D eigenvalue weighted by Crippen LogP contribution is -2.36. The topological polar surface area (TPSA) is 57.4 Å². The van der Waals surface area contributed by atoms with E-state index in [1.165, 1.54) is 19.4 Å². The zero-order chi connectivity index (χ0) is 13.0. The highest BCUT2D eigenvalue weighted by Crippen LogP contribution is 2.17. The highest BCUT2D eigenvalue weighted by Gasteiger charge is 2.22. The Morgan fingerprint density at radius 2 is 2.44 bits per heavy atom. The molecule has 0 amide bonds. The molecule has 1 atom stereocenters. The molecule has 1 unspecified atom stereocenters. The predicted molar refractivity (Wildman–Crippen MR) is 74.0 cm³/mol. The molecule has 0 saturated carbocycles. The molecule has 1 aliphatic rings. The Labute approximate surface area is 109 Å². The summed E-state index contributed by atoms with van der Waals surface area (Å²) in [6.07, 6.45) is 4.37. The number of nitrogens with zero attached hydrogens (tertiary/aromatic N) is 3. The van der Waals surface area contributed by atoms with Crippen molar-refractivity contribution in [2.24, 2.45) is 5.84 Å². The van der Waals surface area contributed by atoms with Crippen LogP contribution in [0.25, 0.3) is 0 Å². The molecule has 5 heteroatoms. The van der Waals surface area contributed by atoms with Gasteiger partial charge in [-0.2, -0.15) is 0 Å². The third-order valence-electron chi connectivity index (χ3n) is 3.66. The molecule has 1 saturated heterocycles. The third kappa shape index (κ3) is 3.19. The van der Waals surface area contributed by atoms with Crippen molar-refractivity contribution >= 4 is 5.82 Å². The Bertz CT molecular complexity index is 381. The molecule has 1 aliphatic heterocycles. The Kier molecular flexibility index (Phi) is 4.52. The zero-order valence-electron chi connectivity index (χ0n) is 11.3. The molecule has 100 valence electrons. The molecule has 1 aromatic rings. The van der Waals surface area contributed by atoms with Crippen LogP contribution >= 0.6 is 0 Å². The number of pyridine rings is 1. The average Bonchev–Trinajstić information content (AvgIpc) is 2.75. The SMILES string of the molecule is CN(Cc1cccnc1NN)CC1CCCN1C. The number of likely N-dealkylation sites (tertiary alicyclic amines) is 1. The van der Waals surface area contributed by atoms with Crippen LogP contribution in [-0.2, 0) is 6.54 Å². The summed E-state index contributed by atoms with van der Waals surface area (Å²) in [5, 5.41) is 0. The smallest absolute Gasteiger partial charge is 0.144 e. The van der Waals surface area contributed by atoms with Gasteiger partial charge in [0.1, 0.15) is 5.82 Å². The minimum absolute atomic E-state index is 0.681. The largest absolute Gasteiger partial charge is 0.308 e. The standard InChI is InChI=1S/C13H23N5/c1-17(10-12-6-4-8-18(12)2)9-11-5-3-7-15-13(11)16-14/h3,5,7,12H,4,6,8-10,14H2,1-2H3,(H,15,16). The maximum atomic E-state index is 5.47. The number of nitrogens with two attached hydrogens (primary N) is 1. The van der Waals surface area contributed by atoms with E-state index in [-0.39, 0.29) is 0 Å². The quantitative estimate of drug-likeness (QED) is 0.599. The predicted octanol–water partition coefficient (Wildman–Crippen LogP) is 0.893. The Balaban J connectivity index is 1.92. The number of nitrogen functional groups attached to an aromatic ring is 1. The van der Waals surface area contributed by atoms with Gasteiger partial charge < -0.3 is 15.2 Å². The molecule has 3 N–H and O–H groups in total. The number of rotatable bonds is 5. The number of anilines is 1. The van der Waals surface area contributed by atoms with Crippen LogP contribution in [0.4, 0.5) is 5.82 Å². The van der Waals surface area contributed by atoms with E-state index in [0.29, 0.717) is 6.04 Å². The van der Waals surface area contributed by atoms with Gasteiger partial charge in [0, 0.05) is 30.9 Å². The molecule has 0 radical (unpaired) electrons. The number of hydrogen-bond donors (Lipinski definition) is 2. The minimum Gasteiger partial charge on any atom is -0.308 e. The van der Waals surface area contributed by atoms with E-state index in [0.717, 1.165) is 24.5 Å². The molecular formula is C13H23N5. The van der Waals surface area contributed by atoms with E-state index in [2.05, 4.69) is 40.4 Å². The molecule has 2 heterocycles. The normalized spacial score (nSPS) is 20.6. The lowest BCUT2D eigenvalue weighted by Gasteiger charge is -2.26. The molecule has 1 aromatic heterocycles. The van der Waals surface area contributed by atoms with Crippen LogP contribution < -0.4 is 11.3 Å². The molecule has 0 aromatic carbocycles. The van der Waals surface area contributed by atoms with Crippen molar-refractivity contribution in [3.8, 4) is 0 Å². The second kappa shape index (κ2) is 6.13. The van der Waals surface area contributed by atoms with Crippen LogP contribution in [0.3, 0.4) is 0 Å². The van der Waals surface area contributed by atoms with Gasteiger partial charge in [-0.05, 0) is 39.5 Å². The van der Waals surface area contributed by atoms with Crippen molar-refractivity contribution in [2.45, 2.75) is 25.4 Å². The van der Waals surface area contributed by atoms with Crippen LogP contribution in [0, 0.1) is 0 Å². The molecule has 5 nitrogen and oxygen atoms in total. The van der Waals surface area contributed by atoms with Crippen LogP contribution in [0.5, 0.6) is 0 Å². The summed E-state index contributed by atoms with van der Waals surface area (Å²) in [6, 6.07) is 4.70. The van der Waals surface area contributed by atoms with Gasteiger partial charge in [-0.1, -0.05) is 6.07 Å². The van der Waals surface area contributed by atoms with Gasteiger partial charge in [0.25, 0.3) is 0 Å². The van der Waals surface area contributed by atoms with Gasteiger partial charge in [0.2, 0.25) is 0 Å². The number of hydrazine groups is 1. The van der Waals surface area contributed by atoms with Crippen LogP contribution in [-0.4, -0.2) is 48.0 Å². The van der Waals surface area contributed by atoms with Crippen molar-refractivity contribution in [1.29, 1.82) is 0 Å². The molecule has 0 bridgehead atoms. The Morgan fingerprint density at radius 3 is 3.11 bits per heavy atom. The first kappa shape index (κ1) is 13.3. The first-order chi connectivity index (χ1) is 8.70. The van der Waals surface area contributed by atoms with Crippen molar-refractivity contribution < 1.29 is 0 Å². The van der Waals surface area contributed by atoms with Crippen molar-refractivity contribution in [3.05, 3.63) is 23.9 Å². The summed E-state index contributed by atoms with van der Waals surface area (Å²) in [5.41, 5.74) is 3.80. The number of aromatic nitrogens is 1. The summed E-state index contributed by atoms with van der Waals surface area (Å²) >= 11 is 0. The summed E-state index contributed by atoms with van der Waals surface area (Å²) in [4.78, 5) is 9.01. The molecule has 18 heavy (non-hydrogen) atoms. The molecule has 2 rings (SSSR count). The maximum Gasteiger partial charge on any atom is 0.144 e. The third-order valence-corrected chi connectivity index (χ3v) is 3.66. The van der Waals surface area contributed by atoms with E-state index in [1.807, 2.05) is 6.07 Å². The second-order valence-corrected chi connectivity index (χ2v) is 5.13. The van der Waals surface area contributed by atoms with Crippen LogP contribution in [0.1, 0.15) is 18.4 Å². The highest BCUT2D eigenvalue weighted by atomic mass is 15.3. The summed E-state index contributed by atoms with van der Waals surface area (Å²) in [5.74, 6) is 6.24. The van der Waals surface area contributed by atoms with Gasteiger partial charge in [-0.15, -0.1) is 0 Å². The lowest BCUT2D eigenvalue weighted by molar-refractivity contribution is 0.215. The fraction of sp³-hybridized carbons (Fsp3) is 0.615. The Hall–Kier alpha value is -1.17. The average molecular weight is 249 g/mol. The number of nitrogens with one attached hydrogen (secondary N) is 1. The van der Waals surface area contributed by atoms with E-state index in [1.54, 1.807) is 6.20 Å². The van der Waals surface area contributed by atoms with Gasteiger partial charge in [-0.25, -0.2) is 10.8 Å². The van der Waals surface area contributed by atoms with Crippen molar-refractivity contribution in [2.75, 3.05) is 32.6 Å². The number of likely N-dealkylation sites (N-methyl/N-ethyl adjacent to an activating group) is 2. The molecule has 0 spiro atoms. The summed E-state index contributed by atoms with van der Waals surface area (Å²) in [6.45, 7) is 3.19. The van der Waals surface area contributed by atoms with E-state index >= 15 is 0 Å². The van der Waals surface area contributed by atoms with E-state index < -0.39 is 0 Å². The Morgan fingerprint density at radius 1 is 1.61 bits per heavy atom. The van der Waals surface area contributed by atoms with Crippen molar-refractivity contribution in [3.63, 3.8) is 0 Å². The van der Waals surface area contributed by atoms with Gasteiger partial charge in [-0.3, -0.25) is 0 Å². The molecular weight excluding hydrogens is 226 g/mol. The zero-order valence-corrected chi connectivity index (χ0v) is 11.3. The second-order valence-electron chi connectivity index (χ2n) is 5.13. The summed E-state index contributed by atoms with van der Waals surface area (Å²) < 4.78 is 0. The van der Waals surface area contributed by atoms with Gasteiger partial charge >= 0.3 is 0 Å². The van der Waals surface area contributed by atoms with E-state index in [9.17, 15) is 0 Å². The maximum absolute atomic E-state index is 5.47. The number of hydrogen-bond acceptors (Lipinski definition) is 5. The van der Waals surface area contributed by atoms with Crippen molar-refractivity contribution in [1.82, 2.24) is 14.8 Å². The fourth-order valence-corrected chi connectivity index (χ4v) is 2.62. The molecule has 0 aliphatic carbocycles.